The Morgan fingerprint density at radius 1 is 1.23 bits per heavy atom. The minimum absolute atomic E-state index is 0.253. The van der Waals surface area contributed by atoms with Crippen LogP contribution in [0.3, 0.4) is 0 Å². The largest absolute Gasteiger partial charge is 0.388 e. The van der Waals surface area contributed by atoms with Gasteiger partial charge >= 0.3 is 6.03 Å². The van der Waals surface area contributed by atoms with Crippen molar-refractivity contribution in [3.63, 3.8) is 0 Å². The summed E-state index contributed by atoms with van der Waals surface area (Å²) in [6.45, 7) is 6.61. The number of rotatable bonds is 7. The second-order valence-corrected chi connectivity index (χ2v) is 5.97. The van der Waals surface area contributed by atoms with Gasteiger partial charge in [0, 0.05) is 32.9 Å². The van der Waals surface area contributed by atoms with Gasteiger partial charge in [-0.15, -0.1) is 0 Å². The molecule has 5 nitrogen and oxygen atoms in total. The summed E-state index contributed by atoms with van der Waals surface area (Å²) in [5.74, 6) is 0. The molecule has 0 aliphatic carbocycles. The molecule has 0 atom stereocenters. The molecule has 0 heterocycles. The lowest BCUT2D eigenvalue weighted by molar-refractivity contribution is 0.0349. The summed E-state index contributed by atoms with van der Waals surface area (Å²) in [4.78, 5) is 13.9. The molecule has 22 heavy (non-hydrogen) atoms. The Morgan fingerprint density at radius 3 is 2.36 bits per heavy atom. The molecule has 0 fully saturated rings. The SMILES string of the molecule is CCC(O)(CC)CNC(=O)NCc1ccc(N(C)C)cc1C. The van der Waals surface area contributed by atoms with E-state index in [9.17, 15) is 9.90 Å². The molecule has 5 heteroatoms. The van der Waals surface area contributed by atoms with Crippen LogP contribution in [0.15, 0.2) is 18.2 Å². The number of anilines is 1. The summed E-state index contributed by atoms with van der Waals surface area (Å²) in [5, 5.41) is 15.7. The fourth-order valence-electron chi connectivity index (χ4n) is 2.14. The number of benzene rings is 1. The summed E-state index contributed by atoms with van der Waals surface area (Å²) in [6.07, 6.45) is 1.24. The topological polar surface area (TPSA) is 64.6 Å². The normalized spacial score (nSPS) is 11.2. The molecule has 0 aromatic heterocycles. The summed E-state index contributed by atoms with van der Waals surface area (Å²) in [5.41, 5.74) is 2.55. The van der Waals surface area contributed by atoms with Crippen LogP contribution in [0.5, 0.6) is 0 Å². The predicted octanol–water partition coefficient (Wildman–Crippen LogP) is 2.41. The quantitative estimate of drug-likeness (QED) is 0.725. The first kappa shape index (κ1) is 18.3. The minimum atomic E-state index is -0.819. The smallest absolute Gasteiger partial charge is 0.315 e. The van der Waals surface area contributed by atoms with E-state index in [1.165, 1.54) is 0 Å². The highest BCUT2D eigenvalue weighted by molar-refractivity contribution is 5.74. The van der Waals surface area contributed by atoms with Gasteiger partial charge in [0.15, 0.2) is 0 Å². The number of aryl methyl sites for hydroxylation is 1. The Kier molecular flexibility index (Phi) is 6.68. The Labute approximate surface area is 133 Å². The predicted molar refractivity (Wildman–Crippen MR) is 91.3 cm³/mol. The van der Waals surface area contributed by atoms with Crippen molar-refractivity contribution < 1.29 is 9.90 Å². The molecule has 124 valence electrons. The summed E-state index contributed by atoms with van der Waals surface area (Å²) >= 11 is 0. The van der Waals surface area contributed by atoms with E-state index in [4.69, 9.17) is 0 Å². The third kappa shape index (κ3) is 5.22. The monoisotopic (exact) mass is 307 g/mol. The molecule has 0 saturated carbocycles. The van der Waals surface area contributed by atoms with Crippen LogP contribution in [-0.2, 0) is 6.54 Å². The highest BCUT2D eigenvalue weighted by Gasteiger charge is 2.22. The van der Waals surface area contributed by atoms with E-state index in [-0.39, 0.29) is 12.6 Å². The number of aliphatic hydroxyl groups is 1. The highest BCUT2D eigenvalue weighted by atomic mass is 16.3. The summed E-state index contributed by atoms with van der Waals surface area (Å²) in [7, 11) is 4.01. The number of carbonyl (C=O) groups is 1. The standard InChI is InChI=1S/C17H29N3O2/c1-6-17(22,7-2)12-19-16(21)18-11-14-8-9-15(20(4)5)10-13(14)3/h8-10,22H,6-7,11-12H2,1-5H3,(H2,18,19,21). The van der Waals surface area contributed by atoms with E-state index in [0.717, 1.165) is 16.8 Å². The van der Waals surface area contributed by atoms with Gasteiger partial charge in [-0.05, 0) is 43.0 Å². The molecule has 0 bridgehead atoms. The molecule has 0 aliphatic rings. The molecule has 1 rings (SSSR count). The Hall–Kier alpha value is -1.75. The number of hydrogen-bond donors (Lipinski definition) is 3. The first-order chi connectivity index (χ1) is 10.3. The maximum atomic E-state index is 11.8. The van der Waals surface area contributed by atoms with Crippen molar-refractivity contribution in [1.82, 2.24) is 10.6 Å². The van der Waals surface area contributed by atoms with Crippen LogP contribution in [0.2, 0.25) is 0 Å². The fraction of sp³-hybridized carbons (Fsp3) is 0.588. The van der Waals surface area contributed by atoms with Gasteiger partial charge in [0.2, 0.25) is 0 Å². The molecule has 1 aromatic rings. The second kappa shape index (κ2) is 8.03. The van der Waals surface area contributed by atoms with Gasteiger partial charge in [-0.1, -0.05) is 19.9 Å². The molecular formula is C17H29N3O2. The van der Waals surface area contributed by atoms with Crippen molar-refractivity contribution in [3.8, 4) is 0 Å². The Morgan fingerprint density at radius 2 is 1.86 bits per heavy atom. The number of carbonyl (C=O) groups excluding carboxylic acids is 1. The van der Waals surface area contributed by atoms with Crippen LogP contribution in [0, 0.1) is 6.92 Å². The Balaban J connectivity index is 2.51. The van der Waals surface area contributed by atoms with Crippen molar-refractivity contribution in [1.29, 1.82) is 0 Å². The number of urea groups is 1. The van der Waals surface area contributed by atoms with Gasteiger partial charge in [-0.25, -0.2) is 4.79 Å². The average Bonchev–Trinajstić information content (AvgIpc) is 2.51. The van der Waals surface area contributed by atoms with Gasteiger partial charge in [-0.2, -0.15) is 0 Å². The number of hydrogen-bond acceptors (Lipinski definition) is 3. The van der Waals surface area contributed by atoms with Crippen molar-refractivity contribution in [3.05, 3.63) is 29.3 Å². The van der Waals surface area contributed by atoms with Crippen molar-refractivity contribution in [2.75, 3.05) is 25.5 Å². The van der Waals surface area contributed by atoms with Gasteiger partial charge < -0.3 is 20.6 Å². The molecule has 0 aliphatic heterocycles. The summed E-state index contributed by atoms with van der Waals surface area (Å²) < 4.78 is 0. The second-order valence-electron chi connectivity index (χ2n) is 5.97. The molecule has 0 spiro atoms. The molecular weight excluding hydrogens is 278 g/mol. The summed E-state index contributed by atoms with van der Waals surface area (Å²) in [6, 6.07) is 5.91. The number of amides is 2. The molecule has 2 amide bonds. The van der Waals surface area contributed by atoms with Gasteiger partial charge in [0.25, 0.3) is 0 Å². The van der Waals surface area contributed by atoms with Gasteiger partial charge in [0.05, 0.1) is 5.60 Å². The van der Waals surface area contributed by atoms with E-state index < -0.39 is 5.60 Å². The lowest BCUT2D eigenvalue weighted by atomic mass is 9.98. The molecule has 0 saturated heterocycles. The van der Waals surface area contributed by atoms with E-state index >= 15 is 0 Å². The molecule has 1 aromatic carbocycles. The van der Waals surface area contributed by atoms with E-state index in [1.807, 2.05) is 51.9 Å². The van der Waals surface area contributed by atoms with Crippen LogP contribution in [-0.4, -0.2) is 37.4 Å². The first-order valence-electron chi connectivity index (χ1n) is 7.82. The Bertz CT molecular complexity index is 497. The van der Waals surface area contributed by atoms with Crippen LogP contribution in [0.25, 0.3) is 0 Å². The van der Waals surface area contributed by atoms with E-state index in [2.05, 4.69) is 16.7 Å². The van der Waals surface area contributed by atoms with Crippen molar-refractivity contribution >= 4 is 11.7 Å². The highest BCUT2D eigenvalue weighted by Crippen LogP contribution is 2.17. The van der Waals surface area contributed by atoms with E-state index in [1.54, 1.807) is 0 Å². The fourth-order valence-corrected chi connectivity index (χ4v) is 2.14. The van der Waals surface area contributed by atoms with Crippen LogP contribution in [0.1, 0.15) is 37.8 Å². The zero-order valence-electron chi connectivity index (χ0n) is 14.4. The zero-order chi connectivity index (χ0) is 16.8. The molecule has 3 N–H and O–H groups in total. The molecule has 0 unspecified atom stereocenters. The van der Waals surface area contributed by atoms with Crippen LogP contribution < -0.4 is 15.5 Å². The third-order valence-electron chi connectivity index (χ3n) is 4.18. The zero-order valence-corrected chi connectivity index (χ0v) is 14.4. The molecule has 0 radical (unpaired) electrons. The maximum Gasteiger partial charge on any atom is 0.315 e. The van der Waals surface area contributed by atoms with Gasteiger partial charge in [0.1, 0.15) is 0 Å². The first-order valence-corrected chi connectivity index (χ1v) is 7.82. The maximum absolute atomic E-state index is 11.8. The third-order valence-corrected chi connectivity index (χ3v) is 4.18. The number of nitrogens with one attached hydrogen (secondary N) is 2. The lowest BCUT2D eigenvalue weighted by Crippen LogP contribution is -2.45. The van der Waals surface area contributed by atoms with Crippen LogP contribution >= 0.6 is 0 Å². The minimum Gasteiger partial charge on any atom is -0.388 e. The number of nitrogens with zero attached hydrogens (tertiary/aromatic N) is 1. The van der Waals surface area contributed by atoms with E-state index in [0.29, 0.717) is 19.4 Å². The van der Waals surface area contributed by atoms with Gasteiger partial charge in [-0.3, -0.25) is 0 Å². The lowest BCUT2D eigenvalue weighted by Gasteiger charge is -2.25. The van der Waals surface area contributed by atoms with Crippen LogP contribution in [0.4, 0.5) is 10.5 Å². The van der Waals surface area contributed by atoms with Crippen molar-refractivity contribution in [2.24, 2.45) is 0 Å². The average molecular weight is 307 g/mol. The van der Waals surface area contributed by atoms with Crippen molar-refractivity contribution in [2.45, 2.75) is 45.8 Å².